The first-order chi connectivity index (χ1) is 11.0. The molecule has 0 spiro atoms. The van der Waals surface area contributed by atoms with Crippen LogP contribution in [0.25, 0.3) is 0 Å². The first-order valence-electron chi connectivity index (χ1n) is 7.65. The molecule has 1 aliphatic rings. The van der Waals surface area contributed by atoms with Gasteiger partial charge in [0, 0.05) is 28.8 Å². The van der Waals surface area contributed by atoms with E-state index in [0.29, 0.717) is 24.0 Å². The summed E-state index contributed by atoms with van der Waals surface area (Å²) in [5, 5.41) is 3.89. The largest absolute Gasteiger partial charge is 0.361 e. The molecule has 0 saturated carbocycles. The number of benzene rings is 1. The first-order valence-corrected chi connectivity index (χ1v) is 8.45. The normalized spacial score (nSPS) is 18.0. The fourth-order valence-corrected chi connectivity index (χ4v) is 3.37. The maximum atomic E-state index is 13.0. The van der Waals surface area contributed by atoms with Crippen LogP contribution in [-0.2, 0) is 6.42 Å². The molecule has 1 aromatic carbocycles. The monoisotopic (exact) mass is 377 g/mol. The Morgan fingerprint density at radius 2 is 2.17 bits per heavy atom. The molecule has 0 fully saturated rings. The van der Waals surface area contributed by atoms with Gasteiger partial charge in [-0.2, -0.15) is 0 Å². The van der Waals surface area contributed by atoms with Crippen molar-refractivity contribution in [3.05, 3.63) is 45.8 Å². The zero-order valence-corrected chi connectivity index (χ0v) is 15.1. The van der Waals surface area contributed by atoms with Gasteiger partial charge in [0.15, 0.2) is 5.69 Å². The van der Waals surface area contributed by atoms with Crippen molar-refractivity contribution in [2.75, 3.05) is 25.5 Å². The second-order valence-corrected chi connectivity index (χ2v) is 7.08. The van der Waals surface area contributed by atoms with Crippen LogP contribution in [0.2, 0.25) is 0 Å². The lowest BCUT2D eigenvalue weighted by atomic mass is 10.1. The van der Waals surface area contributed by atoms with Crippen LogP contribution in [0, 0.1) is 6.92 Å². The van der Waals surface area contributed by atoms with Gasteiger partial charge in [0.2, 0.25) is 0 Å². The zero-order valence-electron chi connectivity index (χ0n) is 13.5. The van der Waals surface area contributed by atoms with E-state index in [4.69, 9.17) is 4.52 Å². The molecular weight excluding hydrogens is 358 g/mol. The molecule has 2 aromatic rings. The predicted molar refractivity (Wildman–Crippen MR) is 92.9 cm³/mol. The number of likely N-dealkylation sites (N-methyl/N-ethyl adjacent to an activating group) is 1. The number of fused-ring (bicyclic) bond motifs is 1. The van der Waals surface area contributed by atoms with Crippen molar-refractivity contribution >= 4 is 27.5 Å². The molecule has 3 rings (SSSR count). The van der Waals surface area contributed by atoms with E-state index in [9.17, 15) is 4.79 Å². The summed E-state index contributed by atoms with van der Waals surface area (Å²) >= 11 is 3.52. The van der Waals surface area contributed by atoms with Crippen LogP contribution in [0.3, 0.4) is 0 Å². The highest BCUT2D eigenvalue weighted by molar-refractivity contribution is 9.10. The van der Waals surface area contributed by atoms with Gasteiger partial charge in [-0.05, 0) is 57.6 Å². The molecule has 23 heavy (non-hydrogen) atoms. The van der Waals surface area contributed by atoms with Gasteiger partial charge in [-0.1, -0.05) is 21.1 Å². The smallest absolute Gasteiger partial charge is 0.280 e. The van der Waals surface area contributed by atoms with Crippen LogP contribution in [-0.4, -0.2) is 42.6 Å². The van der Waals surface area contributed by atoms with Crippen LogP contribution >= 0.6 is 15.9 Å². The Morgan fingerprint density at radius 3 is 2.83 bits per heavy atom. The lowest BCUT2D eigenvalue weighted by molar-refractivity contribution is 0.0971. The third-order valence-electron chi connectivity index (χ3n) is 4.30. The molecular formula is C17H20BrN3O2. The van der Waals surface area contributed by atoms with Crippen LogP contribution in [0.5, 0.6) is 0 Å². The number of nitrogens with zero attached hydrogens (tertiary/aromatic N) is 3. The maximum Gasteiger partial charge on any atom is 0.280 e. The predicted octanol–water partition coefficient (Wildman–Crippen LogP) is 3.27. The summed E-state index contributed by atoms with van der Waals surface area (Å²) < 4.78 is 6.11. The number of carbonyl (C=O) groups is 1. The molecule has 1 unspecified atom stereocenters. The molecule has 0 radical (unpaired) electrons. The lowest BCUT2D eigenvalue weighted by Crippen LogP contribution is -2.42. The van der Waals surface area contributed by atoms with Crippen molar-refractivity contribution in [1.29, 1.82) is 0 Å². The number of aromatic nitrogens is 1. The Morgan fingerprint density at radius 1 is 1.39 bits per heavy atom. The minimum Gasteiger partial charge on any atom is -0.361 e. The topological polar surface area (TPSA) is 49.6 Å². The minimum absolute atomic E-state index is 0.112. The summed E-state index contributed by atoms with van der Waals surface area (Å²) in [5.41, 5.74) is 2.50. The van der Waals surface area contributed by atoms with Gasteiger partial charge in [-0.25, -0.2) is 0 Å². The summed E-state index contributed by atoms with van der Waals surface area (Å²) in [6.07, 6.45) is 1.96. The van der Waals surface area contributed by atoms with Crippen molar-refractivity contribution in [1.82, 2.24) is 10.1 Å². The van der Waals surface area contributed by atoms with Gasteiger partial charge in [0.25, 0.3) is 5.91 Å². The summed E-state index contributed by atoms with van der Waals surface area (Å²) in [5.74, 6) is 0.530. The number of rotatable bonds is 2. The number of anilines is 1. The van der Waals surface area contributed by atoms with Crippen molar-refractivity contribution in [3.8, 4) is 0 Å². The van der Waals surface area contributed by atoms with Crippen LogP contribution < -0.4 is 4.90 Å². The molecule has 6 heteroatoms. The average molecular weight is 378 g/mol. The molecule has 0 N–H and O–H groups in total. The van der Waals surface area contributed by atoms with Crippen LogP contribution in [0.1, 0.15) is 28.2 Å². The second-order valence-electron chi connectivity index (χ2n) is 6.17. The van der Waals surface area contributed by atoms with E-state index in [1.54, 1.807) is 13.0 Å². The van der Waals surface area contributed by atoms with E-state index in [0.717, 1.165) is 23.0 Å². The Labute approximate surface area is 144 Å². The Balaban J connectivity index is 2.02. The fraction of sp³-hybridized carbons (Fsp3) is 0.412. The molecule has 0 saturated heterocycles. The van der Waals surface area contributed by atoms with Crippen LogP contribution in [0.4, 0.5) is 5.69 Å². The van der Waals surface area contributed by atoms with Gasteiger partial charge in [0.05, 0.1) is 0 Å². The maximum absolute atomic E-state index is 13.0. The Hall–Kier alpha value is -1.66. The van der Waals surface area contributed by atoms with Gasteiger partial charge < -0.3 is 14.3 Å². The van der Waals surface area contributed by atoms with Gasteiger partial charge in [-0.3, -0.25) is 4.79 Å². The molecule has 0 bridgehead atoms. The summed E-state index contributed by atoms with van der Waals surface area (Å²) in [7, 11) is 4.11. The third-order valence-corrected chi connectivity index (χ3v) is 4.79. The Bertz CT molecular complexity index is 726. The Kier molecular flexibility index (Phi) is 4.55. The molecule has 2 heterocycles. The highest BCUT2D eigenvalue weighted by atomic mass is 79.9. The zero-order chi connectivity index (χ0) is 16.6. The third kappa shape index (κ3) is 3.33. The number of halogens is 1. The van der Waals surface area contributed by atoms with Crippen LogP contribution in [0.15, 0.2) is 33.3 Å². The van der Waals surface area contributed by atoms with E-state index in [-0.39, 0.29) is 5.91 Å². The summed E-state index contributed by atoms with van der Waals surface area (Å²) in [4.78, 5) is 17.0. The van der Waals surface area contributed by atoms with Crippen molar-refractivity contribution in [2.45, 2.75) is 25.8 Å². The average Bonchev–Trinajstić information content (AvgIpc) is 2.84. The number of hydrogen-bond donors (Lipinski definition) is 0. The van der Waals surface area contributed by atoms with Crippen molar-refractivity contribution in [2.24, 2.45) is 0 Å². The highest BCUT2D eigenvalue weighted by Crippen LogP contribution is 2.31. The number of hydrogen-bond acceptors (Lipinski definition) is 4. The molecule has 1 atom stereocenters. The number of aryl methyl sites for hydroxylation is 2. The molecule has 1 aromatic heterocycles. The van der Waals surface area contributed by atoms with Crippen molar-refractivity contribution < 1.29 is 9.32 Å². The highest BCUT2D eigenvalue weighted by Gasteiger charge is 2.29. The van der Waals surface area contributed by atoms with E-state index in [1.807, 2.05) is 17.0 Å². The number of amides is 1. The van der Waals surface area contributed by atoms with E-state index in [2.05, 4.69) is 46.1 Å². The van der Waals surface area contributed by atoms with Gasteiger partial charge >= 0.3 is 0 Å². The molecule has 1 aliphatic heterocycles. The van der Waals surface area contributed by atoms with E-state index < -0.39 is 0 Å². The second kappa shape index (κ2) is 6.45. The van der Waals surface area contributed by atoms with E-state index in [1.165, 1.54) is 5.56 Å². The van der Waals surface area contributed by atoms with Gasteiger partial charge in [-0.15, -0.1) is 0 Å². The molecule has 5 nitrogen and oxygen atoms in total. The number of carbonyl (C=O) groups excluding carboxylic acids is 1. The first kappa shape index (κ1) is 16.2. The quantitative estimate of drug-likeness (QED) is 0.805. The van der Waals surface area contributed by atoms with E-state index >= 15 is 0 Å². The molecule has 122 valence electrons. The molecule has 0 aliphatic carbocycles. The summed E-state index contributed by atoms with van der Waals surface area (Å²) in [6, 6.07) is 8.07. The lowest BCUT2D eigenvalue weighted by Gasteiger charge is -2.28. The molecule has 1 amide bonds. The summed E-state index contributed by atoms with van der Waals surface area (Å²) in [6.45, 7) is 2.44. The van der Waals surface area contributed by atoms with Gasteiger partial charge in [0.1, 0.15) is 5.76 Å². The standard InChI is InChI=1S/C17H20BrN3O2/c1-11-8-15(19-23-11)17(22)21-10-14(20(2)3)6-4-12-9-13(18)5-7-16(12)21/h5,7-9,14H,4,6,10H2,1-3H3. The SMILES string of the molecule is Cc1cc(C(=O)N2CC(N(C)C)CCc3cc(Br)ccc32)no1. The minimum atomic E-state index is -0.112. The van der Waals surface area contributed by atoms with Crippen molar-refractivity contribution in [3.63, 3.8) is 0 Å². The fourth-order valence-electron chi connectivity index (χ4n) is 2.96.